The van der Waals surface area contributed by atoms with Crippen molar-refractivity contribution in [1.29, 1.82) is 5.26 Å². The molecule has 1 aromatic heterocycles. The topological polar surface area (TPSA) is 112 Å². The van der Waals surface area contributed by atoms with Crippen LogP contribution in [-0.2, 0) is 14.8 Å². The van der Waals surface area contributed by atoms with Crippen molar-refractivity contribution in [3.63, 3.8) is 0 Å². The predicted molar refractivity (Wildman–Crippen MR) is 88.6 cm³/mol. The van der Waals surface area contributed by atoms with Crippen LogP contribution in [0.25, 0.3) is 0 Å². The molecule has 0 aliphatic carbocycles. The number of sulfonamides is 1. The van der Waals surface area contributed by atoms with Gasteiger partial charge in [0.1, 0.15) is 5.82 Å². The molecule has 2 aromatic rings. The third-order valence-electron chi connectivity index (χ3n) is 3.09. The molecule has 7 nitrogen and oxygen atoms in total. The Hall–Kier alpha value is -2.76. The third-order valence-corrected chi connectivity index (χ3v) is 4.57. The molecular weight excluding hydrogens is 328 g/mol. The van der Waals surface area contributed by atoms with Crippen LogP contribution in [0, 0.1) is 18.3 Å². The number of rotatable bonds is 6. The van der Waals surface area contributed by atoms with E-state index >= 15 is 0 Å². The Labute approximate surface area is 140 Å². The molecule has 1 amide bonds. The zero-order valence-electron chi connectivity index (χ0n) is 13.0. The number of benzene rings is 1. The molecule has 0 saturated carbocycles. The van der Waals surface area contributed by atoms with E-state index in [4.69, 9.17) is 5.26 Å². The van der Waals surface area contributed by atoms with Crippen LogP contribution >= 0.6 is 0 Å². The zero-order chi connectivity index (χ0) is 17.6. The van der Waals surface area contributed by atoms with E-state index in [0.29, 0.717) is 11.4 Å². The van der Waals surface area contributed by atoms with E-state index in [1.165, 1.54) is 24.3 Å². The third kappa shape index (κ3) is 4.87. The Kier molecular flexibility index (Phi) is 5.63. The molecule has 0 atom stereocenters. The summed E-state index contributed by atoms with van der Waals surface area (Å²) < 4.78 is 26.5. The minimum Gasteiger partial charge on any atom is -0.311 e. The summed E-state index contributed by atoms with van der Waals surface area (Å²) in [6, 6.07) is 12.7. The fraction of sp³-hybridized carbons (Fsp3) is 0.188. The molecule has 0 aliphatic heterocycles. The van der Waals surface area contributed by atoms with Crippen molar-refractivity contribution in [2.24, 2.45) is 0 Å². The highest BCUT2D eigenvalue weighted by atomic mass is 32.2. The molecule has 0 saturated heterocycles. The van der Waals surface area contributed by atoms with Crippen molar-refractivity contribution in [3.05, 3.63) is 53.7 Å². The summed E-state index contributed by atoms with van der Waals surface area (Å²) in [6.45, 7) is 1.77. The summed E-state index contributed by atoms with van der Waals surface area (Å²) in [5.74, 6) is 0.0885. The predicted octanol–water partition coefficient (Wildman–Crippen LogP) is 1.57. The molecule has 0 spiro atoms. The molecule has 124 valence electrons. The number of carbonyl (C=O) groups is 1. The number of nitrogens with zero attached hydrogens (tertiary/aromatic N) is 2. The van der Waals surface area contributed by atoms with Gasteiger partial charge in [-0.1, -0.05) is 6.07 Å². The Bertz CT molecular complexity index is 871. The SMILES string of the molecule is Cc1cccc(NC(=O)CCNS(=O)(=O)c2ccc(C#N)cc2)n1. The summed E-state index contributed by atoms with van der Waals surface area (Å²) >= 11 is 0. The van der Waals surface area contributed by atoms with Gasteiger partial charge in [-0.15, -0.1) is 0 Å². The number of hydrogen-bond donors (Lipinski definition) is 2. The van der Waals surface area contributed by atoms with Gasteiger partial charge in [0.05, 0.1) is 16.5 Å². The molecule has 0 fully saturated rings. The van der Waals surface area contributed by atoms with E-state index < -0.39 is 10.0 Å². The quantitative estimate of drug-likeness (QED) is 0.826. The first kappa shape index (κ1) is 17.6. The lowest BCUT2D eigenvalue weighted by molar-refractivity contribution is -0.116. The van der Waals surface area contributed by atoms with Crippen LogP contribution in [0.15, 0.2) is 47.4 Å². The summed E-state index contributed by atoms with van der Waals surface area (Å²) in [4.78, 5) is 16.0. The van der Waals surface area contributed by atoms with Gasteiger partial charge in [0.25, 0.3) is 0 Å². The van der Waals surface area contributed by atoms with Gasteiger partial charge in [-0.3, -0.25) is 4.79 Å². The van der Waals surface area contributed by atoms with E-state index in [2.05, 4.69) is 15.0 Å². The van der Waals surface area contributed by atoms with Crippen molar-refractivity contribution in [2.75, 3.05) is 11.9 Å². The normalized spacial score (nSPS) is 10.8. The Morgan fingerprint density at radius 2 is 1.92 bits per heavy atom. The van der Waals surface area contributed by atoms with E-state index in [-0.39, 0.29) is 23.8 Å². The maximum absolute atomic E-state index is 12.1. The number of amides is 1. The van der Waals surface area contributed by atoms with Gasteiger partial charge < -0.3 is 5.32 Å². The van der Waals surface area contributed by atoms with E-state index in [1.54, 1.807) is 25.1 Å². The van der Waals surface area contributed by atoms with Gasteiger partial charge >= 0.3 is 0 Å². The number of nitrogens with one attached hydrogen (secondary N) is 2. The van der Waals surface area contributed by atoms with E-state index in [9.17, 15) is 13.2 Å². The highest BCUT2D eigenvalue weighted by Crippen LogP contribution is 2.10. The average molecular weight is 344 g/mol. The molecule has 2 N–H and O–H groups in total. The second-order valence-corrected chi connectivity index (χ2v) is 6.76. The van der Waals surface area contributed by atoms with Crippen LogP contribution in [0.5, 0.6) is 0 Å². The lowest BCUT2D eigenvalue weighted by atomic mass is 10.2. The van der Waals surface area contributed by atoms with E-state index in [1.807, 2.05) is 6.07 Å². The molecule has 0 radical (unpaired) electrons. The minimum absolute atomic E-state index is 0.0227. The van der Waals surface area contributed by atoms with Crippen molar-refractivity contribution in [2.45, 2.75) is 18.2 Å². The number of aryl methyl sites for hydroxylation is 1. The van der Waals surface area contributed by atoms with Gasteiger partial charge in [0.15, 0.2) is 0 Å². The second-order valence-electron chi connectivity index (χ2n) is 5.00. The standard InChI is InChI=1S/C16H16N4O3S/c1-12-3-2-4-15(19-12)20-16(21)9-10-18-24(22,23)14-7-5-13(11-17)6-8-14/h2-8,18H,9-10H2,1H3,(H,19,20,21). The summed E-state index contributed by atoms with van der Waals surface area (Å²) in [7, 11) is -3.72. The van der Waals surface area contributed by atoms with Gasteiger partial charge in [0.2, 0.25) is 15.9 Å². The van der Waals surface area contributed by atoms with Gasteiger partial charge in [-0.25, -0.2) is 18.1 Å². The van der Waals surface area contributed by atoms with Gasteiger partial charge in [0, 0.05) is 18.7 Å². The molecule has 1 heterocycles. The fourth-order valence-electron chi connectivity index (χ4n) is 1.91. The van der Waals surface area contributed by atoms with Crippen molar-refractivity contribution >= 4 is 21.7 Å². The zero-order valence-corrected chi connectivity index (χ0v) is 13.8. The van der Waals surface area contributed by atoms with Crippen molar-refractivity contribution < 1.29 is 13.2 Å². The number of nitriles is 1. The van der Waals surface area contributed by atoms with Crippen LogP contribution in [0.1, 0.15) is 17.7 Å². The number of hydrogen-bond acceptors (Lipinski definition) is 5. The maximum atomic E-state index is 12.1. The lowest BCUT2D eigenvalue weighted by Crippen LogP contribution is -2.28. The number of carbonyl (C=O) groups excluding carboxylic acids is 1. The summed E-state index contributed by atoms with van der Waals surface area (Å²) in [5.41, 5.74) is 1.15. The van der Waals surface area contributed by atoms with Gasteiger partial charge in [-0.05, 0) is 43.3 Å². The first-order valence-corrected chi connectivity index (χ1v) is 8.62. The smallest absolute Gasteiger partial charge is 0.240 e. The largest absolute Gasteiger partial charge is 0.311 e. The molecular formula is C16H16N4O3S. The first-order valence-electron chi connectivity index (χ1n) is 7.14. The molecule has 2 rings (SSSR count). The molecule has 8 heteroatoms. The Morgan fingerprint density at radius 1 is 1.21 bits per heavy atom. The number of anilines is 1. The highest BCUT2D eigenvalue weighted by molar-refractivity contribution is 7.89. The fourth-order valence-corrected chi connectivity index (χ4v) is 2.94. The van der Waals surface area contributed by atoms with Crippen LogP contribution in [0.4, 0.5) is 5.82 Å². The number of pyridine rings is 1. The summed E-state index contributed by atoms with van der Waals surface area (Å²) in [5, 5.41) is 11.3. The van der Waals surface area contributed by atoms with Crippen molar-refractivity contribution in [1.82, 2.24) is 9.71 Å². The second kappa shape index (κ2) is 7.68. The average Bonchev–Trinajstić information content (AvgIpc) is 2.54. The van der Waals surface area contributed by atoms with Crippen LogP contribution < -0.4 is 10.0 Å². The van der Waals surface area contributed by atoms with Crippen molar-refractivity contribution in [3.8, 4) is 6.07 Å². The van der Waals surface area contributed by atoms with Crippen LogP contribution in [-0.4, -0.2) is 25.9 Å². The number of aromatic nitrogens is 1. The molecule has 0 bridgehead atoms. The van der Waals surface area contributed by atoms with Gasteiger partial charge in [-0.2, -0.15) is 5.26 Å². The van der Waals surface area contributed by atoms with E-state index in [0.717, 1.165) is 5.69 Å². The molecule has 0 unspecified atom stereocenters. The molecule has 1 aromatic carbocycles. The Balaban J connectivity index is 1.88. The lowest BCUT2D eigenvalue weighted by Gasteiger charge is -2.07. The minimum atomic E-state index is -3.72. The Morgan fingerprint density at radius 3 is 2.54 bits per heavy atom. The molecule has 0 aliphatic rings. The summed E-state index contributed by atoms with van der Waals surface area (Å²) in [6.07, 6.45) is -0.0227. The van der Waals surface area contributed by atoms with Crippen LogP contribution in [0.3, 0.4) is 0 Å². The molecule has 24 heavy (non-hydrogen) atoms. The first-order chi connectivity index (χ1) is 11.4. The van der Waals surface area contributed by atoms with Crippen LogP contribution in [0.2, 0.25) is 0 Å². The monoisotopic (exact) mass is 344 g/mol. The highest BCUT2D eigenvalue weighted by Gasteiger charge is 2.14. The maximum Gasteiger partial charge on any atom is 0.240 e.